The van der Waals surface area contributed by atoms with Crippen LogP contribution in [0.5, 0.6) is 0 Å². The zero-order chi connectivity index (χ0) is 5.98. The molecule has 1 amide bonds. The molecule has 0 saturated carbocycles. The van der Waals surface area contributed by atoms with Gasteiger partial charge in [0.15, 0.2) is 0 Å². The average molecular weight is 143 g/mol. The quantitative estimate of drug-likeness (QED) is 0.445. The Balaban J connectivity index is 0.000000640. The van der Waals surface area contributed by atoms with Crippen molar-refractivity contribution >= 4 is 16.9 Å². The van der Waals surface area contributed by atoms with E-state index < -0.39 is 0 Å². The van der Waals surface area contributed by atoms with E-state index in [0.717, 1.165) is 13.0 Å². The van der Waals surface area contributed by atoms with Crippen molar-refractivity contribution in [3.63, 3.8) is 0 Å². The van der Waals surface area contributed by atoms with Crippen molar-refractivity contribution in [2.45, 2.75) is 12.8 Å². The molecule has 0 atom stereocenters. The third kappa shape index (κ3) is 1.68. The van der Waals surface area contributed by atoms with Crippen LogP contribution in [-0.4, -0.2) is 28.3 Å². The fourth-order valence-electron chi connectivity index (χ4n) is 0.862. The van der Waals surface area contributed by atoms with Gasteiger partial charge in [-0.25, -0.2) is 0 Å². The van der Waals surface area contributed by atoms with Crippen LogP contribution in [0, 0.1) is 0 Å². The number of carbonyl (C=O) groups excluding carboxylic acids is 1. The molecule has 1 heterocycles. The Kier molecular flexibility index (Phi) is 3.23. The molecular weight excluding hydrogens is 130 g/mol. The standard InChI is InChI=1S/C6H9NO.H4Si/c1-2-7-5-3-4-6(7)8;/h2H,1,3-5H2;1H4. The SMILES string of the molecule is C=CN1CCCC1=O.[SiH4]. The van der Waals surface area contributed by atoms with E-state index in [4.69, 9.17) is 0 Å². The second kappa shape index (κ2) is 3.45. The molecule has 0 aromatic heterocycles. The number of hydrogen-bond donors (Lipinski definition) is 0. The molecule has 2 nitrogen and oxygen atoms in total. The summed E-state index contributed by atoms with van der Waals surface area (Å²) in [6, 6.07) is 0. The first-order chi connectivity index (χ1) is 3.84. The molecule has 0 aliphatic carbocycles. The molecule has 3 heteroatoms. The largest absolute Gasteiger partial charge is 0.320 e. The van der Waals surface area contributed by atoms with Crippen molar-refractivity contribution in [1.82, 2.24) is 4.90 Å². The van der Waals surface area contributed by atoms with E-state index in [-0.39, 0.29) is 16.9 Å². The molecule has 1 fully saturated rings. The monoisotopic (exact) mass is 143 g/mol. The maximum atomic E-state index is 10.7. The van der Waals surface area contributed by atoms with Crippen LogP contribution < -0.4 is 0 Å². The topological polar surface area (TPSA) is 20.3 Å². The van der Waals surface area contributed by atoms with Gasteiger partial charge in [-0.3, -0.25) is 4.79 Å². The summed E-state index contributed by atoms with van der Waals surface area (Å²) in [5, 5.41) is 0. The summed E-state index contributed by atoms with van der Waals surface area (Å²) >= 11 is 0. The minimum absolute atomic E-state index is 0. The van der Waals surface area contributed by atoms with E-state index in [2.05, 4.69) is 6.58 Å². The maximum Gasteiger partial charge on any atom is 0.226 e. The molecule has 52 valence electrons. The van der Waals surface area contributed by atoms with Gasteiger partial charge in [0.25, 0.3) is 0 Å². The minimum atomic E-state index is 0. The number of rotatable bonds is 1. The third-order valence-electron chi connectivity index (χ3n) is 1.33. The molecule has 0 N–H and O–H groups in total. The lowest BCUT2D eigenvalue weighted by Crippen LogP contribution is -2.16. The summed E-state index contributed by atoms with van der Waals surface area (Å²) < 4.78 is 0. The molecule has 1 aliphatic heterocycles. The van der Waals surface area contributed by atoms with Crippen LogP contribution in [-0.2, 0) is 4.79 Å². The van der Waals surface area contributed by atoms with Crippen LogP contribution in [0.2, 0.25) is 0 Å². The maximum absolute atomic E-state index is 10.7. The van der Waals surface area contributed by atoms with E-state index in [1.165, 1.54) is 0 Å². The van der Waals surface area contributed by atoms with Gasteiger partial charge in [0, 0.05) is 13.0 Å². The van der Waals surface area contributed by atoms with Gasteiger partial charge in [-0.15, -0.1) is 0 Å². The molecule has 1 saturated heterocycles. The van der Waals surface area contributed by atoms with Crippen molar-refractivity contribution in [2.24, 2.45) is 0 Å². The fraction of sp³-hybridized carbons (Fsp3) is 0.500. The summed E-state index contributed by atoms with van der Waals surface area (Å²) in [5.74, 6) is 0.208. The first-order valence-electron chi connectivity index (χ1n) is 2.76. The summed E-state index contributed by atoms with van der Waals surface area (Å²) in [4.78, 5) is 12.3. The van der Waals surface area contributed by atoms with Crippen LogP contribution in [0.25, 0.3) is 0 Å². The molecule has 1 aliphatic rings. The Bertz CT molecular complexity index is 124. The van der Waals surface area contributed by atoms with Crippen LogP contribution in [0.1, 0.15) is 12.8 Å². The van der Waals surface area contributed by atoms with Crippen molar-refractivity contribution in [3.05, 3.63) is 12.8 Å². The van der Waals surface area contributed by atoms with Gasteiger partial charge in [0.1, 0.15) is 0 Å². The van der Waals surface area contributed by atoms with E-state index in [1.807, 2.05) is 0 Å². The molecule has 0 bridgehead atoms. The second-order valence-corrected chi connectivity index (χ2v) is 1.87. The molecule has 0 aromatic carbocycles. The lowest BCUT2D eigenvalue weighted by molar-refractivity contribution is -0.125. The Hall–Kier alpha value is -0.573. The number of likely N-dealkylation sites (tertiary alicyclic amines) is 1. The second-order valence-electron chi connectivity index (χ2n) is 1.87. The van der Waals surface area contributed by atoms with Crippen molar-refractivity contribution in [1.29, 1.82) is 0 Å². The highest BCUT2D eigenvalue weighted by molar-refractivity contribution is 5.78. The summed E-state index contributed by atoms with van der Waals surface area (Å²) in [7, 11) is 0. The average Bonchev–Trinajstić information content (AvgIpc) is 2.14. The predicted octanol–water partition coefficient (Wildman–Crippen LogP) is -0.699. The van der Waals surface area contributed by atoms with E-state index in [9.17, 15) is 4.79 Å². The first kappa shape index (κ1) is 8.43. The lowest BCUT2D eigenvalue weighted by Gasteiger charge is -2.05. The molecule has 0 aromatic rings. The number of hydrogen-bond acceptors (Lipinski definition) is 1. The predicted molar refractivity (Wildman–Crippen MR) is 42.5 cm³/mol. The van der Waals surface area contributed by atoms with E-state index in [0.29, 0.717) is 6.42 Å². The zero-order valence-corrected chi connectivity index (χ0v) is 4.76. The van der Waals surface area contributed by atoms with Crippen LogP contribution >= 0.6 is 0 Å². The lowest BCUT2D eigenvalue weighted by atomic mass is 10.4. The Labute approximate surface area is 59.6 Å². The summed E-state index contributed by atoms with van der Waals surface area (Å²) in [6.07, 6.45) is 3.28. The van der Waals surface area contributed by atoms with E-state index >= 15 is 0 Å². The fourth-order valence-corrected chi connectivity index (χ4v) is 0.862. The minimum Gasteiger partial charge on any atom is -0.320 e. The molecule has 1 rings (SSSR count). The Morgan fingerprint density at radius 2 is 2.33 bits per heavy atom. The van der Waals surface area contributed by atoms with Crippen LogP contribution in [0.4, 0.5) is 0 Å². The molecule has 9 heavy (non-hydrogen) atoms. The zero-order valence-electron chi connectivity index (χ0n) is 4.76. The normalized spacial score (nSPS) is 17.3. The van der Waals surface area contributed by atoms with Crippen LogP contribution in [0.3, 0.4) is 0 Å². The smallest absolute Gasteiger partial charge is 0.226 e. The van der Waals surface area contributed by atoms with Gasteiger partial charge < -0.3 is 4.90 Å². The van der Waals surface area contributed by atoms with Gasteiger partial charge in [-0.2, -0.15) is 0 Å². The highest BCUT2D eigenvalue weighted by Crippen LogP contribution is 2.08. The van der Waals surface area contributed by atoms with Gasteiger partial charge in [-0.1, -0.05) is 6.58 Å². The highest BCUT2D eigenvalue weighted by atomic mass is 28.1. The number of nitrogens with zero attached hydrogens (tertiary/aromatic N) is 1. The van der Waals surface area contributed by atoms with E-state index in [1.54, 1.807) is 11.1 Å². The Morgan fingerprint density at radius 1 is 1.67 bits per heavy atom. The molecule has 0 spiro atoms. The first-order valence-corrected chi connectivity index (χ1v) is 2.76. The molecular formula is C6H13NOSi. The summed E-state index contributed by atoms with van der Waals surface area (Å²) in [6.45, 7) is 4.36. The molecule has 0 unspecified atom stereocenters. The summed E-state index contributed by atoms with van der Waals surface area (Å²) in [5.41, 5.74) is 0. The molecule has 0 radical (unpaired) electrons. The van der Waals surface area contributed by atoms with Gasteiger partial charge in [-0.05, 0) is 23.6 Å². The van der Waals surface area contributed by atoms with Crippen LogP contribution in [0.15, 0.2) is 12.8 Å². The van der Waals surface area contributed by atoms with Crippen molar-refractivity contribution in [3.8, 4) is 0 Å². The van der Waals surface area contributed by atoms with Gasteiger partial charge in [0.05, 0.1) is 0 Å². The van der Waals surface area contributed by atoms with Gasteiger partial charge >= 0.3 is 0 Å². The third-order valence-corrected chi connectivity index (χ3v) is 1.33. The number of carbonyl (C=O) groups is 1. The van der Waals surface area contributed by atoms with Crippen molar-refractivity contribution < 1.29 is 4.79 Å². The van der Waals surface area contributed by atoms with Crippen molar-refractivity contribution in [2.75, 3.05) is 6.54 Å². The number of amides is 1. The Morgan fingerprint density at radius 3 is 2.56 bits per heavy atom. The highest BCUT2D eigenvalue weighted by Gasteiger charge is 2.15. The van der Waals surface area contributed by atoms with Gasteiger partial charge in [0.2, 0.25) is 5.91 Å².